The molecule has 8 heteroatoms. The molecule has 0 radical (unpaired) electrons. The number of likely N-dealkylation sites (tertiary alicyclic amines) is 1. The molecule has 4 rings (SSSR count). The number of hydrogen-bond donors (Lipinski definition) is 0. The lowest BCUT2D eigenvalue weighted by molar-refractivity contribution is 0.0727. The average Bonchev–Trinajstić information content (AvgIpc) is 2.78. The Bertz CT molecular complexity index is 1190. The Balaban J connectivity index is 1.54. The van der Waals surface area contributed by atoms with E-state index in [0.29, 0.717) is 47.9 Å². The van der Waals surface area contributed by atoms with Gasteiger partial charge in [0.2, 0.25) is 5.88 Å². The summed E-state index contributed by atoms with van der Waals surface area (Å²) in [5, 5.41) is 0.722. The number of carbonyl (C=O) groups is 1. The first kappa shape index (κ1) is 20.6. The van der Waals surface area contributed by atoms with Gasteiger partial charge in [-0.25, -0.2) is 13.4 Å². The molecule has 2 aromatic carbocycles. The Morgan fingerprint density at radius 1 is 1.10 bits per heavy atom. The van der Waals surface area contributed by atoms with Gasteiger partial charge in [-0.3, -0.25) is 4.79 Å². The highest BCUT2D eigenvalue weighted by Crippen LogP contribution is 2.28. The number of ether oxygens (including phenoxy) is 1. The van der Waals surface area contributed by atoms with Crippen LogP contribution in [-0.2, 0) is 9.84 Å². The lowest BCUT2D eigenvalue weighted by Gasteiger charge is -2.32. The van der Waals surface area contributed by atoms with Gasteiger partial charge < -0.3 is 9.64 Å². The monoisotopic (exact) mass is 444 g/mol. The molecule has 0 atom stereocenters. The van der Waals surface area contributed by atoms with Gasteiger partial charge in [0, 0.05) is 29.6 Å². The maximum atomic E-state index is 13.2. The Labute approximate surface area is 180 Å². The average molecular weight is 445 g/mol. The second-order valence-corrected chi connectivity index (χ2v) is 9.88. The molecule has 0 bridgehead atoms. The molecule has 0 aliphatic carbocycles. The molecule has 0 unspecified atom stereocenters. The van der Waals surface area contributed by atoms with Crippen molar-refractivity contribution >= 4 is 38.2 Å². The van der Waals surface area contributed by atoms with Crippen molar-refractivity contribution in [2.24, 2.45) is 0 Å². The summed E-state index contributed by atoms with van der Waals surface area (Å²) in [4.78, 5) is 19.6. The van der Waals surface area contributed by atoms with Crippen molar-refractivity contribution in [3.8, 4) is 5.88 Å². The molecule has 1 aliphatic rings. The fraction of sp³-hybridized carbons (Fsp3) is 0.273. The van der Waals surface area contributed by atoms with Crippen molar-refractivity contribution in [1.82, 2.24) is 9.88 Å². The second kappa shape index (κ2) is 8.24. The number of benzene rings is 2. The highest BCUT2D eigenvalue weighted by atomic mass is 35.5. The third-order valence-corrected chi connectivity index (χ3v) is 7.97. The van der Waals surface area contributed by atoms with Gasteiger partial charge in [-0.2, -0.15) is 0 Å². The number of fused-ring (bicyclic) bond motifs is 1. The summed E-state index contributed by atoms with van der Waals surface area (Å²) in [6, 6.07) is 15.3. The van der Waals surface area contributed by atoms with Gasteiger partial charge >= 0.3 is 0 Å². The molecule has 3 aromatic rings. The highest BCUT2D eigenvalue weighted by Gasteiger charge is 2.33. The van der Waals surface area contributed by atoms with Crippen LogP contribution in [0, 0.1) is 0 Å². The zero-order valence-electron chi connectivity index (χ0n) is 16.4. The number of para-hydroxylation sites is 1. The lowest BCUT2D eigenvalue weighted by atomic mass is 10.1. The molecular formula is C22H21ClN2O4S. The third kappa shape index (κ3) is 3.87. The minimum atomic E-state index is -3.46. The Hall–Kier alpha value is -2.64. The summed E-state index contributed by atoms with van der Waals surface area (Å²) in [7, 11) is -1.95. The number of carbonyl (C=O) groups excluding carboxylic acids is 1. The van der Waals surface area contributed by atoms with Crippen molar-refractivity contribution in [1.29, 1.82) is 0 Å². The normalized spacial score (nSPS) is 15.3. The standard InChI is InChI=1S/C22H21ClN2O4S/c1-29-21-14-19(18-4-2-3-5-20(18)24-21)22(26)25-12-10-17(11-13-25)30(27,28)16-8-6-15(23)7-9-16/h2-9,14,17H,10-13H2,1H3. The van der Waals surface area contributed by atoms with Crippen LogP contribution in [0.1, 0.15) is 23.2 Å². The first-order valence-electron chi connectivity index (χ1n) is 9.62. The maximum Gasteiger partial charge on any atom is 0.254 e. The van der Waals surface area contributed by atoms with Gasteiger partial charge in [0.25, 0.3) is 5.91 Å². The zero-order chi connectivity index (χ0) is 21.3. The van der Waals surface area contributed by atoms with Crippen LogP contribution < -0.4 is 4.74 Å². The molecular weight excluding hydrogens is 424 g/mol. The molecule has 6 nitrogen and oxygen atoms in total. The molecule has 0 spiro atoms. The largest absolute Gasteiger partial charge is 0.481 e. The number of pyridine rings is 1. The van der Waals surface area contributed by atoms with Crippen molar-refractivity contribution in [3.63, 3.8) is 0 Å². The van der Waals surface area contributed by atoms with E-state index in [1.54, 1.807) is 23.1 Å². The third-order valence-electron chi connectivity index (χ3n) is 5.44. The van der Waals surface area contributed by atoms with Crippen molar-refractivity contribution < 1.29 is 17.9 Å². The number of hydrogen-bond acceptors (Lipinski definition) is 5. The minimum absolute atomic E-state index is 0.144. The predicted molar refractivity (Wildman–Crippen MR) is 116 cm³/mol. The van der Waals surface area contributed by atoms with Crippen molar-refractivity contribution in [3.05, 3.63) is 65.2 Å². The molecule has 0 saturated carbocycles. The predicted octanol–water partition coefficient (Wildman–Crippen LogP) is 3.98. The van der Waals surface area contributed by atoms with Gasteiger partial charge in [0.05, 0.1) is 28.3 Å². The number of piperidine rings is 1. The number of sulfone groups is 1. The van der Waals surface area contributed by atoms with E-state index in [1.165, 1.54) is 19.2 Å². The Morgan fingerprint density at radius 3 is 2.43 bits per heavy atom. The van der Waals surface area contributed by atoms with Crippen molar-refractivity contribution in [2.45, 2.75) is 23.0 Å². The van der Waals surface area contributed by atoms with Crippen LogP contribution in [0.4, 0.5) is 0 Å². The molecule has 0 N–H and O–H groups in total. The summed E-state index contributed by atoms with van der Waals surface area (Å²) >= 11 is 5.87. The first-order chi connectivity index (χ1) is 14.4. The smallest absolute Gasteiger partial charge is 0.254 e. The first-order valence-corrected chi connectivity index (χ1v) is 11.5. The summed E-state index contributed by atoms with van der Waals surface area (Å²) in [6.45, 7) is 0.741. The zero-order valence-corrected chi connectivity index (χ0v) is 18.0. The molecule has 1 aliphatic heterocycles. The molecule has 30 heavy (non-hydrogen) atoms. The number of rotatable bonds is 4. The molecule has 1 amide bonds. The summed E-state index contributed by atoms with van der Waals surface area (Å²) in [6.07, 6.45) is 0.772. The van der Waals surface area contributed by atoms with E-state index in [9.17, 15) is 13.2 Å². The van der Waals surface area contributed by atoms with E-state index >= 15 is 0 Å². The second-order valence-electron chi connectivity index (χ2n) is 7.22. The van der Waals surface area contributed by atoms with E-state index in [4.69, 9.17) is 16.3 Å². The van der Waals surface area contributed by atoms with Gasteiger partial charge in [0.15, 0.2) is 9.84 Å². The SMILES string of the molecule is COc1cc(C(=O)N2CCC(S(=O)(=O)c3ccc(Cl)cc3)CC2)c2ccccc2n1. The topological polar surface area (TPSA) is 76.6 Å². The van der Waals surface area contributed by atoms with Crippen LogP contribution in [0.25, 0.3) is 10.9 Å². The quantitative estimate of drug-likeness (QED) is 0.608. The highest BCUT2D eigenvalue weighted by molar-refractivity contribution is 7.92. The number of amides is 1. The van der Waals surface area contributed by atoms with Crippen LogP contribution in [-0.4, -0.2) is 49.7 Å². The maximum absolute atomic E-state index is 13.2. The summed E-state index contributed by atoms with van der Waals surface area (Å²) < 4.78 is 31.1. The van der Waals surface area contributed by atoms with E-state index in [2.05, 4.69) is 4.98 Å². The number of aromatic nitrogens is 1. The van der Waals surface area contributed by atoms with E-state index < -0.39 is 15.1 Å². The van der Waals surface area contributed by atoms with Crippen LogP contribution in [0.15, 0.2) is 59.5 Å². The molecule has 1 saturated heterocycles. The summed E-state index contributed by atoms with van der Waals surface area (Å²) in [5.74, 6) is 0.228. The molecule has 2 heterocycles. The Kier molecular flexibility index (Phi) is 5.66. The van der Waals surface area contributed by atoms with Crippen LogP contribution in [0.3, 0.4) is 0 Å². The number of nitrogens with zero attached hydrogens (tertiary/aromatic N) is 2. The fourth-order valence-corrected chi connectivity index (χ4v) is 5.65. The number of methoxy groups -OCH3 is 1. The van der Waals surface area contributed by atoms with Gasteiger partial charge in [0.1, 0.15) is 0 Å². The molecule has 1 aromatic heterocycles. The minimum Gasteiger partial charge on any atom is -0.481 e. The van der Waals surface area contributed by atoms with Gasteiger partial charge in [-0.1, -0.05) is 29.8 Å². The van der Waals surface area contributed by atoms with E-state index in [0.717, 1.165) is 5.39 Å². The van der Waals surface area contributed by atoms with Crippen LogP contribution in [0.2, 0.25) is 5.02 Å². The fourth-order valence-electron chi connectivity index (χ4n) is 3.79. The Morgan fingerprint density at radius 2 is 1.77 bits per heavy atom. The van der Waals surface area contributed by atoms with E-state index in [1.807, 2.05) is 24.3 Å². The van der Waals surface area contributed by atoms with Crippen LogP contribution in [0.5, 0.6) is 5.88 Å². The number of halogens is 1. The summed E-state index contributed by atoms with van der Waals surface area (Å²) in [5.41, 5.74) is 1.19. The van der Waals surface area contributed by atoms with Gasteiger partial charge in [-0.05, 0) is 43.2 Å². The van der Waals surface area contributed by atoms with Crippen LogP contribution >= 0.6 is 11.6 Å². The lowest BCUT2D eigenvalue weighted by Crippen LogP contribution is -2.42. The van der Waals surface area contributed by atoms with Gasteiger partial charge in [-0.15, -0.1) is 0 Å². The molecule has 156 valence electrons. The van der Waals surface area contributed by atoms with E-state index in [-0.39, 0.29) is 10.8 Å². The van der Waals surface area contributed by atoms with Crippen molar-refractivity contribution in [2.75, 3.05) is 20.2 Å². The molecule has 1 fully saturated rings.